The summed E-state index contributed by atoms with van der Waals surface area (Å²) < 4.78 is 28.2. The van der Waals surface area contributed by atoms with Gasteiger partial charge in [0.1, 0.15) is 4.60 Å². The van der Waals surface area contributed by atoms with Crippen LogP contribution in [0.3, 0.4) is 0 Å². The van der Waals surface area contributed by atoms with E-state index in [1.54, 1.807) is 11.0 Å². The fourth-order valence-corrected chi connectivity index (χ4v) is 3.24. The molecule has 0 radical (unpaired) electrons. The Morgan fingerprint density at radius 2 is 1.92 bits per heavy atom. The van der Waals surface area contributed by atoms with Gasteiger partial charge in [0.15, 0.2) is 17.3 Å². The number of amides is 1. The summed E-state index contributed by atoms with van der Waals surface area (Å²) in [6, 6.07) is 4.18. The molecule has 3 rings (SSSR count). The number of halogens is 4. The van der Waals surface area contributed by atoms with Crippen LogP contribution in [-0.2, 0) is 6.54 Å². The van der Waals surface area contributed by atoms with Crippen molar-refractivity contribution < 1.29 is 13.6 Å². The lowest BCUT2D eigenvalue weighted by molar-refractivity contribution is 0.0620. The van der Waals surface area contributed by atoms with Crippen LogP contribution in [-0.4, -0.2) is 52.1 Å². The minimum atomic E-state index is -0.838. The molecule has 1 aromatic heterocycles. The highest BCUT2D eigenvalue weighted by molar-refractivity contribution is 9.13. The number of nitrogens with zero attached hydrogens (tertiary/aromatic N) is 3. The van der Waals surface area contributed by atoms with E-state index in [0.717, 1.165) is 6.07 Å². The average Bonchev–Trinajstić information content (AvgIpc) is 2.91. The molecule has 5 nitrogen and oxygen atoms in total. The van der Waals surface area contributed by atoms with Crippen LogP contribution in [0.1, 0.15) is 16.1 Å². The summed E-state index contributed by atoms with van der Waals surface area (Å²) in [7, 11) is 0. The number of carbonyl (C=O) groups is 1. The van der Waals surface area contributed by atoms with Crippen LogP contribution in [0.15, 0.2) is 27.3 Å². The number of rotatable bonds is 3. The molecule has 1 saturated heterocycles. The first-order valence-corrected chi connectivity index (χ1v) is 8.90. The number of aromatic amines is 1. The first kappa shape index (κ1) is 17.5. The van der Waals surface area contributed by atoms with Crippen LogP contribution < -0.4 is 0 Å². The van der Waals surface area contributed by atoms with Crippen molar-refractivity contribution in [1.29, 1.82) is 0 Å². The lowest BCUT2D eigenvalue weighted by atomic mass is 10.1. The second kappa shape index (κ2) is 7.28. The monoisotopic (exact) mass is 462 g/mol. The summed E-state index contributed by atoms with van der Waals surface area (Å²) in [6.45, 7) is 2.51. The number of hydrogen-bond acceptors (Lipinski definition) is 3. The fourth-order valence-electron chi connectivity index (χ4n) is 2.62. The van der Waals surface area contributed by atoms with Gasteiger partial charge in [-0.1, -0.05) is 12.1 Å². The van der Waals surface area contributed by atoms with E-state index in [-0.39, 0.29) is 5.91 Å². The van der Waals surface area contributed by atoms with E-state index in [1.165, 1.54) is 6.07 Å². The van der Waals surface area contributed by atoms with Crippen molar-refractivity contribution in [3.05, 3.63) is 50.2 Å². The Morgan fingerprint density at radius 1 is 1.21 bits per heavy atom. The molecular weight excluding hydrogens is 450 g/mol. The van der Waals surface area contributed by atoms with E-state index in [9.17, 15) is 13.6 Å². The molecule has 1 N–H and O–H groups in total. The van der Waals surface area contributed by atoms with E-state index >= 15 is 0 Å². The quantitative estimate of drug-likeness (QED) is 0.760. The van der Waals surface area contributed by atoms with E-state index in [1.807, 2.05) is 4.90 Å². The van der Waals surface area contributed by atoms with E-state index in [4.69, 9.17) is 0 Å². The van der Waals surface area contributed by atoms with E-state index in [2.05, 4.69) is 42.1 Å². The van der Waals surface area contributed by atoms with Crippen LogP contribution in [0.2, 0.25) is 0 Å². The van der Waals surface area contributed by atoms with Gasteiger partial charge in [-0.3, -0.25) is 14.8 Å². The highest BCUT2D eigenvalue weighted by Gasteiger charge is 2.26. The molecular formula is C15H14Br2F2N4O. The van der Waals surface area contributed by atoms with Crippen molar-refractivity contribution in [2.45, 2.75) is 6.54 Å². The molecule has 0 unspecified atom stereocenters. The number of nitrogens with one attached hydrogen (secondary N) is 1. The predicted octanol–water partition coefficient (Wildman–Crippen LogP) is 3.17. The van der Waals surface area contributed by atoms with Crippen molar-refractivity contribution in [1.82, 2.24) is 20.0 Å². The molecule has 0 spiro atoms. The maximum absolute atomic E-state index is 13.7. The summed E-state index contributed by atoms with van der Waals surface area (Å²) in [5.41, 5.74) is 0.653. The molecule has 1 amide bonds. The van der Waals surface area contributed by atoms with E-state index in [0.29, 0.717) is 53.1 Å². The number of aromatic nitrogens is 2. The molecule has 2 heterocycles. The molecule has 0 aliphatic carbocycles. The van der Waals surface area contributed by atoms with Gasteiger partial charge in [0, 0.05) is 38.3 Å². The minimum absolute atomic E-state index is 0.166. The van der Waals surface area contributed by atoms with Crippen LogP contribution >= 0.6 is 31.9 Å². The SMILES string of the molecule is O=C(c1n[nH]c(Br)c1Br)N1CCN(Cc2cccc(F)c2F)CC1. The molecule has 128 valence electrons. The molecule has 0 saturated carbocycles. The molecule has 9 heteroatoms. The van der Waals surface area contributed by atoms with Crippen molar-refractivity contribution in [2.24, 2.45) is 0 Å². The van der Waals surface area contributed by atoms with Crippen molar-refractivity contribution in [2.75, 3.05) is 26.2 Å². The molecule has 1 aliphatic rings. The first-order chi connectivity index (χ1) is 11.5. The topological polar surface area (TPSA) is 52.2 Å². The van der Waals surface area contributed by atoms with Gasteiger partial charge in [-0.15, -0.1) is 0 Å². The number of hydrogen-bond donors (Lipinski definition) is 1. The molecule has 2 aromatic rings. The zero-order chi connectivity index (χ0) is 17.3. The van der Waals surface area contributed by atoms with Gasteiger partial charge in [0.05, 0.1) is 4.47 Å². The number of H-pyrrole nitrogens is 1. The Bertz CT molecular complexity index is 760. The maximum Gasteiger partial charge on any atom is 0.275 e. The van der Waals surface area contributed by atoms with Gasteiger partial charge >= 0.3 is 0 Å². The Balaban J connectivity index is 1.61. The Morgan fingerprint density at radius 3 is 2.54 bits per heavy atom. The molecule has 0 atom stereocenters. The van der Waals surface area contributed by atoms with Crippen LogP contribution in [0.25, 0.3) is 0 Å². The smallest absolute Gasteiger partial charge is 0.275 e. The fraction of sp³-hybridized carbons (Fsp3) is 0.333. The third-order valence-corrected chi connectivity index (χ3v) is 5.83. The van der Waals surface area contributed by atoms with Gasteiger partial charge in [-0.2, -0.15) is 5.10 Å². The number of carbonyl (C=O) groups excluding carboxylic acids is 1. The predicted molar refractivity (Wildman–Crippen MR) is 91.5 cm³/mol. The second-order valence-electron chi connectivity index (χ2n) is 5.48. The normalized spacial score (nSPS) is 15.8. The Labute approximate surface area is 154 Å². The Kier molecular flexibility index (Phi) is 5.31. The highest BCUT2D eigenvalue weighted by Crippen LogP contribution is 2.25. The lowest BCUT2D eigenvalue weighted by Gasteiger charge is -2.34. The summed E-state index contributed by atoms with van der Waals surface area (Å²) in [6.07, 6.45) is 0. The molecule has 1 fully saturated rings. The average molecular weight is 464 g/mol. The van der Waals surface area contributed by atoms with Crippen molar-refractivity contribution in [3.63, 3.8) is 0 Å². The van der Waals surface area contributed by atoms with Crippen LogP contribution in [0.5, 0.6) is 0 Å². The molecule has 1 aliphatic heterocycles. The van der Waals surface area contributed by atoms with Gasteiger partial charge in [0.25, 0.3) is 5.91 Å². The summed E-state index contributed by atoms with van der Waals surface area (Å²) in [5, 5.41) is 6.68. The Hall–Kier alpha value is -1.32. The molecule has 0 bridgehead atoms. The molecule has 1 aromatic carbocycles. The standard InChI is InChI=1S/C15H14Br2F2N4O/c16-11-13(20-21-14(11)17)15(24)23-6-4-22(5-7-23)8-9-2-1-3-10(18)12(9)19/h1-3H,4-8H2,(H,20,21). The minimum Gasteiger partial charge on any atom is -0.335 e. The van der Waals surface area contributed by atoms with Crippen LogP contribution in [0.4, 0.5) is 8.78 Å². The van der Waals surface area contributed by atoms with Crippen LogP contribution in [0, 0.1) is 11.6 Å². The maximum atomic E-state index is 13.7. The van der Waals surface area contributed by atoms with Gasteiger partial charge in [-0.05, 0) is 37.9 Å². The number of benzene rings is 1. The highest BCUT2D eigenvalue weighted by atomic mass is 79.9. The second-order valence-corrected chi connectivity index (χ2v) is 7.07. The summed E-state index contributed by atoms with van der Waals surface area (Å²) in [4.78, 5) is 16.2. The zero-order valence-electron chi connectivity index (χ0n) is 12.5. The summed E-state index contributed by atoms with van der Waals surface area (Å²) in [5.74, 6) is -1.81. The molecule has 24 heavy (non-hydrogen) atoms. The largest absolute Gasteiger partial charge is 0.335 e. The number of piperazine rings is 1. The lowest BCUT2D eigenvalue weighted by Crippen LogP contribution is -2.48. The zero-order valence-corrected chi connectivity index (χ0v) is 15.7. The van der Waals surface area contributed by atoms with Crippen molar-refractivity contribution in [3.8, 4) is 0 Å². The van der Waals surface area contributed by atoms with Gasteiger partial charge in [0.2, 0.25) is 0 Å². The summed E-state index contributed by atoms with van der Waals surface area (Å²) >= 11 is 6.57. The third-order valence-electron chi connectivity index (χ3n) is 3.95. The first-order valence-electron chi connectivity index (χ1n) is 7.31. The van der Waals surface area contributed by atoms with Gasteiger partial charge in [-0.25, -0.2) is 8.78 Å². The van der Waals surface area contributed by atoms with E-state index < -0.39 is 11.6 Å². The van der Waals surface area contributed by atoms with Gasteiger partial charge < -0.3 is 4.90 Å². The van der Waals surface area contributed by atoms with Crippen molar-refractivity contribution >= 4 is 37.8 Å². The third kappa shape index (κ3) is 3.52.